The van der Waals surface area contributed by atoms with Crippen LogP contribution in [0.2, 0.25) is 0 Å². The molecule has 4 bridgehead atoms. The number of nitrogens with one attached hydrogen (secondary N) is 3. The van der Waals surface area contributed by atoms with E-state index in [2.05, 4.69) is 16.2 Å². The van der Waals surface area contributed by atoms with Crippen LogP contribution in [-0.2, 0) is 9.59 Å². The standard InChI is InChI=1S/C21H25N3O5/c25-18(23-24-19(26)15-1-2-16-17(6-15)29-11-28-16)10-22-20(27)21-7-12-3-13(8-21)5-14(4-12)9-21/h1-2,6,12-14H,3-5,7-11H2,(H,22,27)(H,23,25)(H,24,26). The average molecular weight is 399 g/mol. The molecule has 5 aliphatic rings. The van der Waals surface area contributed by atoms with Crippen LogP contribution in [0.4, 0.5) is 0 Å². The molecule has 0 radical (unpaired) electrons. The quantitative estimate of drug-likeness (QED) is 0.666. The van der Waals surface area contributed by atoms with E-state index in [4.69, 9.17) is 9.47 Å². The van der Waals surface area contributed by atoms with Crippen LogP contribution >= 0.6 is 0 Å². The number of hydrogen-bond donors (Lipinski definition) is 3. The number of fused-ring (bicyclic) bond motifs is 1. The van der Waals surface area contributed by atoms with E-state index in [1.54, 1.807) is 18.2 Å². The van der Waals surface area contributed by atoms with E-state index in [0.29, 0.717) is 34.8 Å². The number of hydrazine groups is 1. The van der Waals surface area contributed by atoms with Crippen LogP contribution in [0.5, 0.6) is 11.5 Å². The Labute approximate surface area is 168 Å². The van der Waals surface area contributed by atoms with Crippen molar-refractivity contribution in [3.63, 3.8) is 0 Å². The Hall–Kier alpha value is -2.77. The molecule has 1 aromatic rings. The first-order chi connectivity index (χ1) is 14.0. The Kier molecular flexibility index (Phi) is 4.37. The Balaban J connectivity index is 1.11. The highest BCUT2D eigenvalue weighted by Gasteiger charge is 2.54. The van der Waals surface area contributed by atoms with E-state index in [0.717, 1.165) is 19.3 Å². The summed E-state index contributed by atoms with van der Waals surface area (Å²) in [4.78, 5) is 37.2. The summed E-state index contributed by atoms with van der Waals surface area (Å²) >= 11 is 0. The molecule has 1 aliphatic heterocycles. The van der Waals surface area contributed by atoms with E-state index in [1.807, 2.05) is 0 Å². The first-order valence-corrected chi connectivity index (χ1v) is 10.3. The first-order valence-electron chi connectivity index (χ1n) is 10.3. The smallest absolute Gasteiger partial charge is 0.269 e. The molecule has 3 N–H and O–H groups in total. The van der Waals surface area contributed by atoms with Gasteiger partial charge in [-0.1, -0.05) is 0 Å². The Bertz CT molecular complexity index is 833. The molecule has 3 amide bonds. The van der Waals surface area contributed by atoms with Gasteiger partial charge in [-0.15, -0.1) is 0 Å². The van der Waals surface area contributed by atoms with Crippen LogP contribution in [0.1, 0.15) is 48.9 Å². The van der Waals surface area contributed by atoms with E-state index in [1.165, 1.54) is 19.3 Å². The minimum Gasteiger partial charge on any atom is -0.454 e. The van der Waals surface area contributed by atoms with Crippen LogP contribution in [-0.4, -0.2) is 31.1 Å². The molecule has 0 atom stereocenters. The van der Waals surface area contributed by atoms with Crippen molar-refractivity contribution < 1.29 is 23.9 Å². The molecular formula is C21H25N3O5. The number of benzene rings is 1. The van der Waals surface area contributed by atoms with Gasteiger partial charge in [-0.2, -0.15) is 0 Å². The summed E-state index contributed by atoms with van der Waals surface area (Å²) in [5, 5.41) is 2.80. The van der Waals surface area contributed by atoms with Crippen molar-refractivity contribution in [2.75, 3.05) is 13.3 Å². The first kappa shape index (κ1) is 18.3. The summed E-state index contributed by atoms with van der Waals surface area (Å²) in [5.74, 6) is 2.14. The van der Waals surface area contributed by atoms with Crippen molar-refractivity contribution in [1.82, 2.24) is 16.2 Å². The van der Waals surface area contributed by atoms with Gasteiger partial charge in [0.05, 0.1) is 6.54 Å². The van der Waals surface area contributed by atoms with Crippen molar-refractivity contribution in [2.24, 2.45) is 23.2 Å². The second-order valence-corrected chi connectivity index (χ2v) is 8.95. The number of hydrogen-bond acceptors (Lipinski definition) is 5. The highest BCUT2D eigenvalue weighted by molar-refractivity contribution is 5.96. The fraction of sp³-hybridized carbons (Fsp3) is 0.571. The molecule has 1 aromatic carbocycles. The van der Waals surface area contributed by atoms with Gasteiger partial charge in [-0.3, -0.25) is 25.2 Å². The minimum atomic E-state index is -0.468. The summed E-state index contributed by atoms with van der Waals surface area (Å²) < 4.78 is 10.5. The summed E-state index contributed by atoms with van der Waals surface area (Å²) in [6.07, 6.45) is 6.64. The fourth-order valence-electron chi connectivity index (χ4n) is 6.02. The lowest BCUT2D eigenvalue weighted by atomic mass is 9.49. The normalized spacial score (nSPS) is 30.7. The molecule has 0 saturated heterocycles. The lowest BCUT2D eigenvalue weighted by Gasteiger charge is -2.55. The Morgan fingerprint density at radius 2 is 1.59 bits per heavy atom. The van der Waals surface area contributed by atoms with Gasteiger partial charge in [-0.25, -0.2) is 0 Å². The van der Waals surface area contributed by atoms with Gasteiger partial charge in [-0.05, 0) is 74.5 Å². The van der Waals surface area contributed by atoms with Crippen molar-refractivity contribution in [3.8, 4) is 11.5 Å². The molecule has 0 spiro atoms. The van der Waals surface area contributed by atoms with Crippen LogP contribution in [0, 0.1) is 23.2 Å². The number of amides is 3. The molecule has 4 saturated carbocycles. The number of carbonyl (C=O) groups is 3. The summed E-state index contributed by atoms with van der Waals surface area (Å²) in [7, 11) is 0. The predicted molar refractivity (Wildman–Crippen MR) is 102 cm³/mol. The molecule has 4 fully saturated rings. The van der Waals surface area contributed by atoms with Gasteiger partial charge in [0.15, 0.2) is 11.5 Å². The van der Waals surface area contributed by atoms with Gasteiger partial charge < -0.3 is 14.8 Å². The molecule has 8 nitrogen and oxygen atoms in total. The molecule has 29 heavy (non-hydrogen) atoms. The van der Waals surface area contributed by atoms with E-state index < -0.39 is 11.8 Å². The van der Waals surface area contributed by atoms with Crippen LogP contribution in [0.3, 0.4) is 0 Å². The lowest BCUT2D eigenvalue weighted by molar-refractivity contribution is -0.147. The van der Waals surface area contributed by atoms with Crippen LogP contribution in [0.25, 0.3) is 0 Å². The average Bonchev–Trinajstić information content (AvgIpc) is 3.17. The third-order valence-electron chi connectivity index (χ3n) is 6.88. The number of rotatable bonds is 4. The lowest BCUT2D eigenvalue weighted by Crippen LogP contribution is -2.55. The van der Waals surface area contributed by atoms with Gasteiger partial charge in [0, 0.05) is 11.0 Å². The van der Waals surface area contributed by atoms with Crippen LogP contribution in [0.15, 0.2) is 18.2 Å². The van der Waals surface area contributed by atoms with Gasteiger partial charge in [0.1, 0.15) is 0 Å². The van der Waals surface area contributed by atoms with Gasteiger partial charge in [0.2, 0.25) is 12.7 Å². The van der Waals surface area contributed by atoms with Gasteiger partial charge in [0.25, 0.3) is 11.8 Å². The molecule has 154 valence electrons. The largest absolute Gasteiger partial charge is 0.454 e. The highest BCUT2D eigenvalue weighted by atomic mass is 16.7. The third-order valence-corrected chi connectivity index (χ3v) is 6.88. The zero-order valence-corrected chi connectivity index (χ0v) is 16.2. The number of carbonyl (C=O) groups excluding carboxylic acids is 3. The maximum atomic E-state index is 12.9. The molecule has 1 heterocycles. The summed E-state index contributed by atoms with van der Waals surface area (Å²) in [6.45, 7) is -0.0252. The second kappa shape index (κ2) is 6.93. The topological polar surface area (TPSA) is 106 Å². The van der Waals surface area contributed by atoms with Gasteiger partial charge >= 0.3 is 0 Å². The minimum absolute atomic E-state index is 0.00570. The zero-order chi connectivity index (χ0) is 20.0. The molecule has 0 unspecified atom stereocenters. The maximum Gasteiger partial charge on any atom is 0.269 e. The molecule has 8 heteroatoms. The predicted octanol–water partition coefficient (Wildman–Crippen LogP) is 1.51. The van der Waals surface area contributed by atoms with Crippen LogP contribution < -0.4 is 25.6 Å². The van der Waals surface area contributed by atoms with E-state index in [-0.39, 0.29) is 24.7 Å². The SMILES string of the molecule is O=C(CNC(=O)C12CC3CC(CC(C3)C1)C2)NNC(=O)c1ccc2c(c1)OCO2. The Morgan fingerprint density at radius 3 is 2.28 bits per heavy atom. The maximum absolute atomic E-state index is 12.9. The molecule has 4 aliphatic carbocycles. The van der Waals surface area contributed by atoms with Crippen molar-refractivity contribution in [2.45, 2.75) is 38.5 Å². The number of ether oxygens (including phenoxy) is 2. The highest BCUT2D eigenvalue weighted by Crippen LogP contribution is 2.60. The van der Waals surface area contributed by atoms with Crippen molar-refractivity contribution in [1.29, 1.82) is 0 Å². The third kappa shape index (κ3) is 3.41. The van der Waals surface area contributed by atoms with E-state index >= 15 is 0 Å². The monoisotopic (exact) mass is 399 g/mol. The van der Waals surface area contributed by atoms with E-state index in [9.17, 15) is 14.4 Å². The summed E-state index contributed by atoms with van der Waals surface area (Å²) in [5.41, 5.74) is 4.77. The summed E-state index contributed by atoms with van der Waals surface area (Å²) in [6, 6.07) is 4.78. The fourth-order valence-corrected chi connectivity index (χ4v) is 6.02. The van der Waals surface area contributed by atoms with Crippen molar-refractivity contribution in [3.05, 3.63) is 23.8 Å². The van der Waals surface area contributed by atoms with Crippen molar-refractivity contribution >= 4 is 17.7 Å². The molecule has 6 rings (SSSR count). The Morgan fingerprint density at radius 1 is 0.931 bits per heavy atom. The molecule has 0 aromatic heterocycles. The second-order valence-electron chi connectivity index (χ2n) is 8.95. The zero-order valence-electron chi connectivity index (χ0n) is 16.2. The molecular weight excluding hydrogens is 374 g/mol.